The summed E-state index contributed by atoms with van der Waals surface area (Å²) in [5.74, 6) is -1.17. The number of aliphatic hydroxyl groups excluding tert-OH is 1. The minimum Gasteiger partial charge on any atom is -0.507 e. The van der Waals surface area contributed by atoms with Gasteiger partial charge in [-0.25, -0.2) is 0 Å². The summed E-state index contributed by atoms with van der Waals surface area (Å²) in [7, 11) is 1.46. The van der Waals surface area contributed by atoms with Gasteiger partial charge in [-0.3, -0.25) is 14.5 Å². The van der Waals surface area contributed by atoms with Crippen molar-refractivity contribution >= 4 is 23.1 Å². The molecule has 1 fully saturated rings. The number of Topliss-reactive ketones (excluding diaryl/α,β-unsaturated/α-hetero) is 1. The van der Waals surface area contributed by atoms with E-state index in [2.05, 4.69) is 0 Å². The predicted molar refractivity (Wildman–Crippen MR) is 125 cm³/mol. The van der Waals surface area contributed by atoms with Crippen LogP contribution in [0.2, 0.25) is 0 Å². The van der Waals surface area contributed by atoms with E-state index in [9.17, 15) is 27.9 Å². The van der Waals surface area contributed by atoms with Crippen LogP contribution >= 0.6 is 0 Å². The van der Waals surface area contributed by atoms with E-state index in [4.69, 9.17) is 9.47 Å². The zero-order valence-corrected chi connectivity index (χ0v) is 19.0. The number of methoxy groups -OCH3 is 1. The first-order valence-electron chi connectivity index (χ1n) is 11.1. The fourth-order valence-electron chi connectivity index (χ4n) is 4.53. The standard InChI is InChI=1S/C27H20F3NO5/c1-35-20-4-2-3-16(14-20)23-22(24(32)17-5-10-21-15(13-17)11-12-36-21)25(33)26(34)31(23)19-8-6-18(7-9-19)27(28,29)30/h2-10,13-14,23,32H,11-12H2,1H3/b24-22-. The van der Waals surface area contributed by atoms with Gasteiger partial charge in [0.25, 0.3) is 11.7 Å². The molecule has 36 heavy (non-hydrogen) atoms. The van der Waals surface area contributed by atoms with Crippen molar-refractivity contribution in [3.8, 4) is 11.5 Å². The number of hydrogen-bond acceptors (Lipinski definition) is 5. The Balaban J connectivity index is 1.68. The Bertz CT molecular complexity index is 1400. The lowest BCUT2D eigenvalue weighted by Crippen LogP contribution is -2.29. The van der Waals surface area contributed by atoms with Crippen molar-refractivity contribution in [1.82, 2.24) is 0 Å². The van der Waals surface area contributed by atoms with Gasteiger partial charge in [0.1, 0.15) is 17.3 Å². The lowest BCUT2D eigenvalue weighted by atomic mass is 9.94. The number of aliphatic hydroxyl groups is 1. The molecule has 5 rings (SSSR count). The minimum absolute atomic E-state index is 0.0827. The number of alkyl halides is 3. The SMILES string of the molecule is COc1cccc(C2/C(=C(/O)c3ccc4c(c3)CCO4)C(=O)C(=O)N2c2ccc(C(F)(F)F)cc2)c1. The highest BCUT2D eigenvalue weighted by atomic mass is 19.4. The van der Waals surface area contributed by atoms with E-state index in [1.54, 1.807) is 42.5 Å². The van der Waals surface area contributed by atoms with Gasteiger partial charge < -0.3 is 14.6 Å². The Kier molecular flexibility index (Phi) is 5.70. The number of ketones is 1. The Labute approximate surface area is 204 Å². The number of carbonyl (C=O) groups excluding carboxylic acids is 2. The van der Waals surface area contributed by atoms with E-state index < -0.39 is 29.5 Å². The maximum atomic E-state index is 13.3. The highest BCUT2D eigenvalue weighted by Gasteiger charge is 2.47. The summed E-state index contributed by atoms with van der Waals surface area (Å²) >= 11 is 0. The van der Waals surface area contributed by atoms with Crippen LogP contribution in [0.3, 0.4) is 0 Å². The number of rotatable bonds is 4. The fraction of sp³-hybridized carbons (Fsp3) is 0.185. The molecular formula is C27H20F3NO5. The number of nitrogens with zero attached hydrogens (tertiary/aromatic N) is 1. The van der Waals surface area contributed by atoms with Crippen LogP contribution in [0.5, 0.6) is 11.5 Å². The van der Waals surface area contributed by atoms with E-state index in [1.165, 1.54) is 7.11 Å². The molecule has 1 saturated heterocycles. The van der Waals surface area contributed by atoms with Crippen LogP contribution in [-0.4, -0.2) is 30.5 Å². The molecule has 9 heteroatoms. The summed E-state index contributed by atoms with van der Waals surface area (Å²) in [4.78, 5) is 27.6. The minimum atomic E-state index is -4.56. The van der Waals surface area contributed by atoms with Gasteiger partial charge in [0.15, 0.2) is 0 Å². The molecule has 0 saturated carbocycles. The monoisotopic (exact) mass is 495 g/mol. The Morgan fingerprint density at radius 3 is 2.50 bits per heavy atom. The largest absolute Gasteiger partial charge is 0.507 e. The number of amides is 1. The van der Waals surface area contributed by atoms with E-state index in [1.807, 2.05) is 0 Å². The van der Waals surface area contributed by atoms with Gasteiger partial charge in [-0.05, 0) is 65.7 Å². The molecule has 0 radical (unpaired) electrons. The molecule has 0 aliphatic carbocycles. The number of fused-ring (bicyclic) bond motifs is 1. The summed E-state index contributed by atoms with van der Waals surface area (Å²) < 4.78 is 50.1. The number of benzene rings is 3. The number of ether oxygens (including phenoxy) is 2. The second-order valence-corrected chi connectivity index (χ2v) is 8.41. The normalized spacial score (nSPS) is 18.8. The van der Waals surface area contributed by atoms with Crippen molar-refractivity contribution in [3.05, 3.63) is 94.6 Å². The highest BCUT2D eigenvalue weighted by molar-refractivity contribution is 6.51. The molecule has 2 aliphatic rings. The third-order valence-electron chi connectivity index (χ3n) is 6.29. The van der Waals surface area contributed by atoms with Gasteiger partial charge in [-0.2, -0.15) is 13.2 Å². The van der Waals surface area contributed by atoms with Crippen LogP contribution in [0, 0.1) is 0 Å². The lowest BCUT2D eigenvalue weighted by Gasteiger charge is -2.26. The number of carbonyl (C=O) groups is 2. The Morgan fingerprint density at radius 2 is 1.81 bits per heavy atom. The van der Waals surface area contributed by atoms with Gasteiger partial charge in [0.2, 0.25) is 0 Å². The van der Waals surface area contributed by atoms with Crippen molar-refractivity contribution in [2.45, 2.75) is 18.6 Å². The quantitative estimate of drug-likeness (QED) is 0.303. The second kappa shape index (κ2) is 8.75. The number of halogens is 3. The molecule has 3 aromatic rings. The van der Waals surface area contributed by atoms with Crippen LogP contribution in [0.1, 0.15) is 28.3 Å². The average Bonchev–Trinajstić information content (AvgIpc) is 3.45. The Morgan fingerprint density at radius 1 is 1.06 bits per heavy atom. The molecule has 0 bridgehead atoms. The number of hydrogen-bond donors (Lipinski definition) is 1. The van der Waals surface area contributed by atoms with Crippen LogP contribution in [0.25, 0.3) is 5.76 Å². The molecule has 1 unspecified atom stereocenters. The molecule has 3 aromatic carbocycles. The van der Waals surface area contributed by atoms with Gasteiger partial charge >= 0.3 is 6.18 Å². The maximum absolute atomic E-state index is 13.3. The van der Waals surface area contributed by atoms with Gasteiger partial charge in [0, 0.05) is 17.7 Å². The first-order valence-corrected chi connectivity index (χ1v) is 11.1. The van der Waals surface area contributed by atoms with Crippen LogP contribution in [0.15, 0.2) is 72.3 Å². The van der Waals surface area contributed by atoms with E-state index in [0.717, 1.165) is 34.7 Å². The summed E-state index contributed by atoms with van der Waals surface area (Å²) in [6, 6.07) is 14.4. The first kappa shape index (κ1) is 23.5. The van der Waals surface area contributed by atoms with E-state index in [0.29, 0.717) is 35.7 Å². The molecule has 1 N–H and O–H groups in total. The Hall–Kier alpha value is -4.27. The van der Waals surface area contributed by atoms with Crippen molar-refractivity contribution in [1.29, 1.82) is 0 Å². The second-order valence-electron chi connectivity index (χ2n) is 8.41. The van der Waals surface area contributed by atoms with Crippen molar-refractivity contribution in [2.75, 3.05) is 18.6 Å². The van der Waals surface area contributed by atoms with Crippen molar-refractivity contribution in [2.24, 2.45) is 0 Å². The molecule has 0 spiro atoms. The summed E-state index contributed by atoms with van der Waals surface area (Å²) in [5, 5.41) is 11.3. The zero-order chi connectivity index (χ0) is 25.6. The summed E-state index contributed by atoms with van der Waals surface area (Å²) in [5.41, 5.74) is 0.651. The molecule has 184 valence electrons. The molecule has 2 aliphatic heterocycles. The molecule has 1 amide bonds. The summed E-state index contributed by atoms with van der Waals surface area (Å²) in [6.45, 7) is 0.502. The lowest BCUT2D eigenvalue weighted by molar-refractivity contribution is -0.137. The molecule has 1 atom stereocenters. The number of anilines is 1. The third kappa shape index (κ3) is 3.96. The van der Waals surface area contributed by atoms with Gasteiger partial charge in [0.05, 0.1) is 30.9 Å². The van der Waals surface area contributed by atoms with Gasteiger partial charge in [-0.15, -0.1) is 0 Å². The molecule has 6 nitrogen and oxygen atoms in total. The first-order chi connectivity index (χ1) is 17.2. The fourth-order valence-corrected chi connectivity index (χ4v) is 4.53. The molecular weight excluding hydrogens is 475 g/mol. The van der Waals surface area contributed by atoms with Crippen molar-refractivity contribution < 1.29 is 37.3 Å². The van der Waals surface area contributed by atoms with E-state index in [-0.39, 0.29) is 17.0 Å². The third-order valence-corrected chi connectivity index (χ3v) is 6.29. The summed E-state index contributed by atoms with van der Waals surface area (Å²) in [6.07, 6.45) is -3.92. The average molecular weight is 495 g/mol. The van der Waals surface area contributed by atoms with Gasteiger partial charge in [-0.1, -0.05) is 12.1 Å². The highest BCUT2D eigenvalue weighted by Crippen LogP contribution is 2.44. The van der Waals surface area contributed by atoms with Crippen LogP contribution in [0.4, 0.5) is 18.9 Å². The predicted octanol–water partition coefficient (Wildman–Crippen LogP) is 5.28. The maximum Gasteiger partial charge on any atom is 0.416 e. The molecule has 2 heterocycles. The topological polar surface area (TPSA) is 76.1 Å². The van der Waals surface area contributed by atoms with Crippen LogP contribution < -0.4 is 14.4 Å². The smallest absolute Gasteiger partial charge is 0.416 e. The zero-order valence-electron chi connectivity index (χ0n) is 19.0. The van der Waals surface area contributed by atoms with E-state index >= 15 is 0 Å². The van der Waals surface area contributed by atoms with Crippen molar-refractivity contribution in [3.63, 3.8) is 0 Å². The molecule has 0 aromatic heterocycles. The van der Waals surface area contributed by atoms with Crippen LogP contribution in [-0.2, 0) is 22.2 Å².